The van der Waals surface area contributed by atoms with E-state index < -0.39 is 0 Å². The average Bonchev–Trinajstić information content (AvgIpc) is 2.04. The van der Waals surface area contributed by atoms with Crippen LogP contribution < -0.4 is 17.7 Å². The molecule has 2 aliphatic rings. The Labute approximate surface area is 86.5 Å². The lowest BCUT2D eigenvalue weighted by Gasteiger charge is -2.47. The predicted octanol–water partition coefficient (Wildman–Crippen LogP) is -1.71. The first-order valence-electron chi connectivity index (χ1n) is 5.18. The van der Waals surface area contributed by atoms with Crippen molar-refractivity contribution in [2.45, 2.75) is 50.7 Å². The molecule has 3 atom stereocenters. The van der Waals surface area contributed by atoms with Crippen LogP contribution in [0.2, 0.25) is 0 Å². The average molecular weight is 205 g/mol. The van der Waals surface area contributed by atoms with Crippen LogP contribution in [0.4, 0.5) is 0 Å². The van der Waals surface area contributed by atoms with Crippen LogP contribution in [0.3, 0.4) is 0 Å². The SMILES string of the molecule is CC1NCCC2(O)CCCCC12.[Cl-]. The summed E-state index contributed by atoms with van der Waals surface area (Å²) < 4.78 is 0. The van der Waals surface area contributed by atoms with Crippen molar-refractivity contribution in [3.63, 3.8) is 0 Å². The molecular weight excluding hydrogens is 186 g/mol. The smallest absolute Gasteiger partial charge is 0.0702 e. The third kappa shape index (κ3) is 2.00. The van der Waals surface area contributed by atoms with Crippen LogP contribution in [0.5, 0.6) is 0 Å². The van der Waals surface area contributed by atoms with Gasteiger partial charge in [-0.15, -0.1) is 0 Å². The molecule has 0 aromatic carbocycles. The lowest BCUT2D eigenvalue weighted by Crippen LogP contribution is -3.00. The largest absolute Gasteiger partial charge is 1.00 e. The Morgan fingerprint density at radius 3 is 2.77 bits per heavy atom. The summed E-state index contributed by atoms with van der Waals surface area (Å²) >= 11 is 0. The quantitative estimate of drug-likeness (QED) is 0.493. The number of halogens is 1. The van der Waals surface area contributed by atoms with Crippen LogP contribution in [0, 0.1) is 5.92 Å². The topological polar surface area (TPSA) is 32.3 Å². The van der Waals surface area contributed by atoms with Crippen molar-refractivity contribution in [3.05, 3.63) is 0 Å². The van der Waals surface area contributed by atoms with Crippen molar-refractivity contribution >= 4 is 0 Å². The molecule has 1 heterocycles. The maximum absolute atomic E-state index is 10.3. The molecule has 0 bridgehead atoms. The standard InChI is InChI=1S/C10H19NO.ClH/c1-8-9-4-2-3-5-10(9,12)6-7-11-8;/h8-9,11-12H,2-7H2,1H3;1H/p-1. The Morgan fingerprint density at radius 1 is 1.31 bits per heavy atom. The number of aliphatic hydroxyl groups is 1. The van der Waals surface area contributed by atoms with Crippen LogP contribution in [0.1, 0.15) is 39.0 Å². The summed E-state index contributed by atoms with van der Waals surface area (Å²) in [7, 11) is 0. The number of hydrogen-bond acceptors (Lipinski definition) is 2. The molecule has 0 aromatic rings. The van der Waals surface area contributed by atoms with Gasteiger partial charge in [-0.3, -0.25) is 0 Å². The van der Waals surface area contributed by atoms with E-state index in [1.807, 2.05) is 0 Å². The molecule has 2 nitrogen and oxygen atoms in total. The van der Waals surface area contributed by atoms with Gasteiger partial charge in [0, 0.05) is 12.0 Å². The number of rotatable bonds is 0. The molecule has 0 radical (unpaired) electrons. The maximum Gasteiger partial charge on any atom is 0.0702 e. The zero-order valence-electron chi connectivity index (χ0n) is 8.22. The molecule has 2 N–H and O–H groups in total. The molecule has 78 valence electrons. The lowest BCUT2D eigenvalue weighted by atomic mass is 9.68. The molecule has 1 saturated carbocycles. The van der Waals surface area contributed by atoms with Gasteiger partial charge >= 0.3 is 0 Å². The second-order valence-electron chi connectivity index (χ2n) is 4.45. The van der Waals surface area contributed by atoms with E-state index in [0.717, 1.165) is 19.4 Å². The molecule has 0 aromatic heterocycles. The first kappa shape index (κ1) is 11.3. The van der Waals surface area contributed by atoms with Gasteiger partial charge in [-0.05, 0) is 32.7 Å². The Kier molecular flexibility index (Phi) is 3.61. The first-order valence-corrected chi connectivity index (χ1v) is 5.18. The van der Waals surface area contributed by atoms with E-state index in [9.17, 15) is 5.11 Å². The summed E-state index contributed by atoms with van der Waals surface area (Å²) in [6, 6.07) is 0.518. The fourth-order valence-electron chi connectivity index (χ4n) is 2.93. The van der Waals surface area contributed by atoms with Crippen molar-refractivity contribution in [2.24, 2.45) is 5.92 Å². The van der Waals surface area contributed by atoms with Crippen LogP contribution in [-0.2, 0) is 0 Å². The van der Waals surface area contributed by atoms with Crippen LogP contribution in [0.15, 0.2) is 0 Å². The number of nitrogens with one attached hydrogen (secondary N) is 1. The van der Waals surface area contributed by atoms with E-state index in [1.165, 1.54) is 19.3 Å². The van der Waals surface area contributed by atoms with Crippen LogP contribution >= 0.6 is 0 Å². The molecule has 1 aliphatic heterocycles. The summed E-state index contributed by atoms with van der Waals surface area (Å²) in [5, 5.41) is 13.8. The fourth-order valence-corrected chi connectivity index (χ4v) is 2.93. The highest BCUT2D eigenvalue weighted by molar-refractivity contribution is 4.98. The summed E-state index contributed by atoms with van der Waals surface area (Å²) in [5.74, 6) is 0.514. The Morgan fingerprint density at radius 2 is 2.08 bits per heavy atom. The summed E-state index contributed by atoms with van der Waals surface area (Å²) in [6.45, 7) is 3.20. The van der Waals surface area contributed by atoms with E-state index in [-0.39, 0.29) is 18.0 Å². The lowest BCUT2D eigenvalue weighted by molar-refractivity contribution is -0.0823. The second-order valence-corrected chi connectivity index (χ2v) is 4.45. The summed E-state index contributed by atoms with van der Waals surface area (Å²) in [4.78, 5) is 0. The van der Waals surface area contributed by atoms with Crippen molar-refractivity contribution in [1.29, 1.82) is 0 Å². The van der Waals surface area contributed by atoms with Crippen molar-refractivity contribution in [3.8, 4) is 0 Å². The molecule has 3 heteroatoms. The van der Waals surface area contributed by atoms with E-state index in [0.29, 0.717) is 12.0 Å². The predicted molar refractivity (Wildman–Crippen MR) is 49.0 cm³/mol. The van der Waals surface area contributed by atoms with Crippen LogP contribution in [0.25, 0.3) is 0 Å². The van der Waals surface area contributed by atoms with E-state index in [4.69, 9.17) is 0 Å². The normalized spacial score (nSPS) is 44.8. The van der Waals surface area contributed by atoms with Gasteiger partial charge in [0.15, 0.2) is 0 Å². The van der Waals surface area contributed by atoms with Crippen molar-refractivity contribution in [1.82, 2.24) is 5.32 Å². The summed E-state index contributed by atoms with van der Waals surface area (Å²) in [5.41, 5.74) is -0.317. The van der Waals surface area contributed by atoms with Gasteiger partial charge in [-0.1, -0.05) is 12.8 Å². The van der Waals surface area contributed by atoms with Gasteiger partial charge in [0.05, 0.1) is 5.60 Å². The molecule has 3 unspecified atom stereocenters. The minimum atomic E-state index is -0.317. The highest BCUT2D eigenvalue weighted by atomic mass is 35.5. The molecule has 2 fully saturated rings. The highest BCUT2D eigenvalue weighted by Gasteiger charge is 2.43. The maximum atomic E-state index is 10.3. The third-order valence-electron chi connectivity index (χ3n) is 3.69. The summed E-state index contributed by atoms with van der Waals surface area (Å²) in [6.07, 6.45) is 5.73. The minimum Gasteiger partial charge on any atom is -1.00 e. The van der Waals surface area contributed by atoms with E-state index in [1.54, 1.807) is 0 Å². The van der Waals surface area contributed by atoms with Gasteiger partial charge in [0.25, 0.3) is 0 Å². The van der Waals surface area contributed by atoms with Gasteiger partial charge in [-0.25, -0.2) is 0 Å². The Hall–Kier alpha value is 0.210. The van der Waals surface area contributed by atoms with E-state index in [2.05, 4.69) is 12.2 Å². The number of hydrogen-bond donors (Lipinski definition) is 2. The highest BCUT2D eigenvalue weighted by Crippen LogP contribution is 2.40. The molecular formula is C10H19ClNO-. The monoisotopic (exact) mass is 204 g/mol. The molecule has 1 aliphatic carbocycles. The molecule has 0 amide bonds. The van der Waals surface area contributed by atoms with Crippen molar-refractivity contribution in [2.75, 3.05) is 6.54 Å². The number of piperidine rings is 1. The second kappa shape index (κ2) is 4.16. The van der Waals surface area contributed by atoms with Gasteiger partial charge in [-0.2, -0.15) is 0 Å². The third-order valence-corrected chi connectivity index (χ3v) is 3.69. The van der Waals surface area contributed by atoms with Gasteiger partial charge in [0.1, 0.15) is 0 Å². The first-order chi connectivity index (χ1) is 5.72. The van der Waals surface area contributed by atoms with Gasteiger partial charge in [0.2, 0.25) is 0 Å². The Balaban J connectivity index is 0.000000845. The molecule has 0 spiro atoms. The minimum absolute atomic E-state index is 0. The fraction of sp³-hybridized carbons (Fsp3) is 1.00. The zero-order chi connectivity index (χ0) is 8.60. The van der Waals surface area contributed by atoms with Crippen LogP contribution in [-0.4, -0.2) is 23.3 Å². The van der Waals surface area contributed by atoms with Gasteiger partial charge < -0.3 is 22.8 Å². The molecule has 1 saturated heterocycles. The molecule has 13 heavy (non-hydrogen) atoms. The van der Waals surface area contributed by atoms with Crippen molar-refractivity contribution < 1.29 is 17.5 Å². The molecule has 2 rings (SSSR count). The number of fused-ring (bicyclic) bond motifs is 1. The zero-order valence-corrected chi connectivity index (χ0v) is 8.98. The van der Waals surface area contributed by atoms with E-state index >= 15 is 0 Å². The Bertz CT molecular complexity index is 172.